The molecule has 1 heterocycles. The Morgan fingerprint density at radius 3 is 2.35 bits per heavy atom. The van der Waals surface area contributed by atoms with E-state index in [1.165, 1.54) is 11.1 Å². The van der Waals surface area contributed by atoms with Gasteiger partial charge < -0.3 is 5.32 Å². The zero-order valence-corrected chi connectivity index (χ0v) is 16.5. The van der Waals surface area contributed by atoms with Crippen LogP contribution in [0.5, 0.6) is 0 Å². The van der Waals surface area contributed by atoms with Crippen LogP contribution in [-0.2, 0) is 11.2 Å². The van der Waals surface area contributed by atoms with E-state index in [1.54, 1.807) is 0 Å². The lowest BCUT2D eigenvalue weighted by atomic mass is 10.1. The second kappa shape index (κ2) is 8.28. The molecule has 132 valence electrons. The van der Waals surface area contributed by atoms with Crippen LogP contribution in [0.25, 0.3) is 0 Å². The number of nitrogens with zero attached hydrogens (tertiary/aromatic N) is 1. The highest BCUT2D eigenvalue weighted by atomic mass is 79.9. The Hall–Kier alpha value is -2.46. The predicted octanol–water partition coefficient (Wildman–Crippen LogP) is 4.84. The van der Waals surface area contributed by atoms with Crippen molar-refractivity contribution in [3.8, 4) is 0 Å². The number of aromatic nitrogens is 1. The molecule has 26 heavy (non-hydrogen) atoms. The van der Waals surface area contributed by atoms with Crippen molar-refractivity contribution in [3.05, 3.63) is 94.2 Å². The van der Waals surface area contributed by atoms with E-state index in [0.717, 1.165) is 22.1 Å². The van der Waals surface area contributed by atoms with Crippen LogP contribution in [0.1, 0.15) is 29.7 Å². The normalized spacial score (nSPS) is 11.8. The first kappa shape index (κ1) is 18.3. The average molecular weight is 410 g/mol. The molecule has 0 aliphatic heterocycles. The summed E-state index contributed by atoms with van der Waals surface area (Å²) < 4.78 is 2.96. The maximum absolute atomic E-state index is 12.5. The largest absolute Gasteiger partial charge is 0.320 e. The highest BCUT2D eigenvalue weighted by Crippen LogP contribution is 2.20. The summed E-state index contributed by atoms with van der Waals surface area (Å²) in [7, 11) is 0. The summed E-state index contributed by atoms with van der Waals surface area (Å²) in [5, 5.41) is 2.98. The number of halogens is 1. The molecule has 1 atom stereocenters. The SMILES string of the molecule is Cc1cc(NC(=O)C(C)[n+]2ccc(Cc3ccccc3)cc2)ccc1Br. The van der Waals surface area contributed by atoms with Crippen molar-refractivity contribution >= 4 is 27.5 Å². The summed E-state index contributed by atoms with van der Waals surface area (Å²) in [6, 6.07) is 20.0. The Morgan fingerprint density at radius 1 is 1.04 bits per heavy atom. The second-order valence-electron chi connectivity index (χ2n) is 6.45. The van der Waals surface area contributed by atoms with Crippen molar-refractivity contribution in [2.75, 3.05) is 5.32 Å². The number of hydrogen-bond donors (Lipinski definition) is 1. The van der Waals surface area contributed by atoms with E-state index in [0.29, 0.717) is 0 Å². The molecule has 1 aromatic heterocycles. The average Bonchev–Trinajstić information content (AvgIpc) is 2.65. The minimum Gasteiger partial charge on any atom is -0.320 e. The van der Waals surface area contributed by atoms with Gasteiger partial charge in [0.2, 0.25) is 6.04 Å². The number of nitrogens with one attached hydrogen (secondary N) is 1. The van der Waals surface area contributed by atoms with Crippen LogP contribution < -0.4 is 9.88 Å². The first-order valence-corrected chi connectivity index (χ1v) is 9.43. The number of anilines is 1. The third-order valence-electron chi connectivity index (χ3n) is 4.42. The Bertz CT molecular complexity index is 892. The topological polar surface area (TPSA) is 33.0 Å². The second-order valence-corrected chi connectivity index (χ2v) is 7.30. The molecule has 1 N–H and O–H groups in total. The first-order valence-electron chi connectivity index (χ1n) is 8.63. The van der Waals surface area contributed by atoms with Crippen molar-refractivity contribution < 1.29 is 9.36 Å². The van der Waals surface area contributed by atoms with Crippen molar-refractivity contribution in [1.82, 2.24) is 0 Å². The number of carbonyl (C=O) groups is 1. The van der Waals surface area contributed by atoms with Gasteiger partial charge in [-0.2, -0.15) is 4.57 Å². The molecule has 0 spiro atoms. The Morgan fingerprint density at radius 2 is 1.69 bits per heavy atom. The lowest BCUT2D eigenvalue weighted by Crippen LogP contribution is -2.44. The molecule has 0 radical (unpaired) electrons. The Balaban J connectivity index is 1.66. The summed E-state index contributed by atoms with van der Waals surface area (Å²) >= 11 is 3.47. The third-order valence-corrected chi connectivity index (χ3v) is 5.31. The van der Waals surface area contributed by atoms with Crippen molar-refractivity contribution in [2.24, 2.45) is 0 Å². The van der Waals surface area contributed by atoms with E-state index < -0.39 is 0 Å². The number of pyridine rings is 1. The standard InChI is InChI=1S/C22H21BrN2O/c1-16-14-20(8-9-21(16)23)24-22(26)17(2)25-12-10-19(11-13-25)15-18-6-4-3-5-7-18/h3-14,17H,15H2,1-2H3/p+1. The van der Waals surface area contributed by atoms with Crippen LogP contribution in [0.15, 0.2) is 77.5 Å². The molecule has 0 bridgehead atoms. The van der Waals surface area contributed by atoms with Crippen LogP contribution in [0.3, 0.4) is 0 Å². The molecular weight excluding hydrogens is 388 g/mol. The Kier molecular flexibility index (Phi) is 5.84. The van der Waals surface area contributed by atoms with Gasteiger partial charge in [-0.3, -0.25) is 4.79 Å². The zero-order valence-electron chi connectivity index (χ0n) is 14.9. The minimum absolute atomic E-state index is 0.0347. The highest BCUT2D eigenvalue weighted by molar-refractivity contribution is 9.10. The molecule has 3 aromatic rings. The van der Waals surface area contributed by atoms with Crippen LogP contribution in [0.2, 0.25) is 0 Å². The smallest absolute Gasteiger partial charge is 0.293 e. The van der Waals surface area contributed by atoms with Gasteiger partial charge in [-0.15, -0.1) is 0 Å². The van der Waals surface area contributed by atoms with Gasteiger partial charge in [-0.05, 0) is 48.2 Å². The molecular formula is C22H22BrN2O+. The lowest BCUT2D eigenvalue weighted by Gasteiger charge is -2.10. The molecule has 0 aliphatic rings. The molecule has 4 heteroatoms. The fourth-order valence-electron chi connectivity index (χ4n) is 2.78. The summed E-state index contributed by atoms with van der Waals surface area (Å²) in [5.41, 5.74) is 4.41. The zero-order chi connectivity index (χ0) is 18.5. The number of amides is 1. The maximum atomic E-state index is 12.5. The van der Waals surface area contributed by atoms with Crippen LogP contribution >= 0.6 is 15.9 Å². The van der Waals surface area contributed by atoms with Crippen LogP contribution in [0.4, 0.5) is 5.69 Å². The summed E-state index contributed by atoms with van der Waals surface area (Å²) in [6.45, 7) is 3.90. The van der Waals surface area contributed by atoms with E-state index >= 15 is 0 Å². The fraction of sp³-hybridized carbons (Fsp3) is 0.182. The molecule has 0 saturated carbocycles. The van der Waals surface area contributed by atoms with E-state index in [2.05, 4.69) is 57.6 Å². The maximum Gasteiger partial charge on any atom is 0.293 e. The van der Waals surface area contributed by atoms with Gasteiger partial charge >= 0.3 is 0 Å². The van der Waals surface area contributed by atoms with E-state index in [9.17, 15) is 4.79 Å². The van der Waals surface area contributed by atoms with E-state index in [4.69, 9.17) is 0 Å². The molecule has 1 unspecified atom stereocenters. The Labute approximate surface area is 162 Å². The monoisotopic (exact) mass is 409 g/mol. The number of benzene rings is 2. The van der Waals surface area contributed by atoms with Gasteiger partial charge in [-0.1, -0.05) is 46.3 Å². The van der Waals surface area contributed by atoms with E-state index in [1.807, 2.05) is 55.1 Å². The van der Waals surface area contributed by atoms with Crippen LogP contribution in [0, 0.1) is 6.92 Å². The molecule has 0 fully saturated rings. The quantitative estimate of drug-likeness (QED) is 0.601. The third kappa shape index (κ3) is 4.58. The minimum atomic E-state index is -0.287. The molecule has 1 amide bonds. The van der Waals surface area contributed by atoms with Crippen LogP contribution in [-0.4, -0.2) is 5.91 Å². The van der Waals surface area contributed by atoms with Crippen molar-refractivity contribution in [1.29, 1.82) is 0 Å². The lowest BCUT2D eigenvalue weighted by molar-refractivity contribution is -0.705. The van der Waals surface area contributed by atoms with Gasteiger partial charge in [0.05, 0.1) is 0 Å². The molecule has 0 saturated heterocycles. The fourth-order valence-corrected chi connectivity index (χ4v) is 3.03. The molecule has 0 aliphatic carbocycles. The molecule has 2 aromatic carbocycles. The predicted molar refractivity (Wildman–Crippen MR) is 108 cm³/mol. The van der Waals surface area contributed by atoms with Gasteiger partial charge in [-0.25, -0.2) is 0 Å². The van der Waals surface area contributed by atoms with Crippen molar-refractivity contribution in [2.45, 2.75) is 26.3 Å². The summed E-state index contributed by atoms with van der Waals surface area (Å²) in [6.07, 6.45) is 4.82. The summed E-state index contributed by atoms with van der Waals surface area (Å²) in [5.74, 6) is -0.0347. The summed E-state index contributed by atoms with van der Waals surface area (Å²) in [4.78, 5) is 12.5. The van der Waals surface area contributed by atoms with Gasteiger partial charge in [0, 0.05) is 29.2 Å². The molecule has 3 nitrogen and oxygen atoms in total. The number of carbonyl (C=O) groups excluding carboxylic acids is 1. The van der Waals surface area contributed by atoms with Gasteiger partial charge in [0.1, 0.15) is 0 Å². The molecule has 3 rings (SSSR count). The van der Waals surface area contributed by atoms with Crippen molar-refractivity contribution in [3.63, 3.8) is 0 Å². The number of hydrogen-bond acceptors (Lipinski definition) is 1. The van der Waals surface area contributed by atoms with Gasteiger partial charge in [0.25, 0.3) is 5.91 Å². The first-order chi connectivity index (χ1) is 12.5. The highest BCUT2D eigenvalue weighted by Gasteiger charge is 2.21. The number of rotatable bonds is 5. The number of aryl methyl sites for hydroxylation is 1. The van der Waals surface area contributed by atoms with Gasteiger partial charge in [0.15, 0.2) is 12.4 Å². The van der Waals surface area contributed by atoms with E-state index in [-0.39, 0.29) is 11.9 Å².